The molecule has 18 heavy (non-hydrogen) atoms. The Morgan fingerprint density at radius 1 is 1.11 bits per heavy atom. The molecule has 0 saturated carbocycles. The van der Waals surface area contributed by atoms with Gasteiger partial charge in [0.05, 0.1) is 6.54 Å². The van der Waals surface area contributed by atoms with E-state index in [1.807, 2.05) is 31.2 Å². The molecule has 0 spiro atoms. The van der Waals surface area contributed by atoms with E-state index in [9.17, 15) is 13.2 Å². The molecule has 1 rings (SSSR count). The lowest BCUT2D eigenvalue weighted by atomic mass is 10.1. The Hall–Kier alpha value is -1.07. The summed E-state index contributed by atoms with van der Waals surface area (Å²) in [4.78, 5) is 1.26. The molecule has 2 nitrogen and oxygen atoms in total. The summed E-state index contributed by atoms with van der Waals surface area (Å²) in [5.41, 5.74) is 2.03. The van der Waals surface area contributed by atoms with Gasteiger partial charge in [0, 0.05) is 13.1 Å². The highest BCUT2D eigenvalue weighted by molar-refractivity contribution is 5.22. The van der Waals surface area contributed by atoms with Crippen molar-refractivity contribution in [3.63, 3.8) is 0 Å². The molecule has 0 amide bonds. The molecule has 0 unspecified atom stereocenters. The number of hydrogen-bond donors (Lipinski definition) is 1. The standard InChI is InChI=1S/C13H19F3N2/c1-3-17-8-11-4-6-12(7-5-11)9-18(2)10-13(14,15)16/h4-7,17H,3,8-10H2,1-2H3. The van der Waals surface area contributed by atoms with E-state index in [1.165, 1.54) is 11.9 Å². The van der Waals surface area contributed by atoms with E-state index < -0.39 is 12.7 Å². The first kappa shape index (κ1) is 15.0. The van der Waals surface area contributed by atoms with Gasteiger partial charge in [0.2, 0.25) is 0 Å². The topological polar surface area (TPSA) is 15.3 Å². The SMILES string of the molecule is CCNCc1ccc(CN(C)CC(F)(F)F)cc1. The zero-order valence-corrected chi connectivity index (χ0v) is 10.7. The van der Waals surface area contributed by atoms with Crippen molar-refractivity contribution in [3.05, 3.63) is 35.4 Å². The average molecular weight is 260 g/mol. The Bertz CT molecular complexity index is 346. The van der Waals surface area contributed by atoms with Crippen LogP contribution in [0, 0.1) is 0 Å². The fraction of sp³-hybridized carbons (Fsp3) is 0.538. The molecule has 5 heteroatoms. The lowest BCUT2D eigenvalue weighted by molar-refractivity contribution is -0.144. The molecule has 0 aromatic heterocycles. The van der Waals surface area contributed by atoms with E-state index in [1.54, 1.807) is 0 Å². The molecule has 0 aliphatic rings. The van der Waals surface area contributed by atoms with Crippen LogP contribution < -0.4 is 5.32 Å². The maximum Gasteiger partial charge on any atom is 0.401 e. The van der Waals surface area contributed by atoms with E-state index in [0.29, 0.717) is 6.54 Å². The minimum absolute atomic E-state index is 0.307. The van der Waals surface area contributed by atoms with E-state index in [2.05, 4.69) is 5.32 Å². The van der Waals surface area contributed by atoms with Gasteiger partial charge in [-0.25, -0.2) is 0 Å². The molecule has 0 saturated heterocycles. The van der Waals surface area contributed by atoms with Gasteiger partial charge in [-0.15, -0.1) is 0 Å². The molecule has 0 radical (unpaired) electrons. The third kappa shape index (κ3) is 6.02. The summed E-state index contributed by atoms with van der Waals surface area (Å²) in [7, 11) is 1.47. The average Bonchev–Trinajstić information content (AvgIpc) is 2.25. The van der Waals surface area contributed by atoms with Crippen LogP contribution >= 0.6 is 0 Å². The van der Waals surface area contributed by atoms with Gasteiger partial charge in [0.1, 0.15) is 0 Å². The highest BCUT2D eigenvalue weighted by Gasteiger charge is 2.28. The van der Waals surface area contributed by atoms with Gasteiger partial charge in [-0.2, -0.15) is 13.2 Å². The highest BCUT2D eigenvalue weighted by Crippen LogP contribution is 2.17. The zero-order valence-electron chi connectivity index (χ0n) is 10.7. The Labute approximate surface area is 106 Å². The monoisotopic (exact) mass is 260 g/mol. The van der Waals surface area contributed by atoms with Crippen LogP contribution in [0.1, 0.15) is 18.1 Å². The third-order valence-corrected chi connectivity index (χ3v) is 2.50. The molecule has 0 atom stereocenters. The molecule has 1 aromatic rings. The maximum absolute atomic E-state index is 12.2. The number of benzene rings is 1. The van der Waals surface area contributed by atoms with Crippen LogP contribution in [0.25, 0.3) is 0 Å². The van der Waals surface area contributed by atoms with Crippen molar-refractivity contribution < 1.29 is 13.2 Å². The number of alkyl halides is 3. The molecular weight excluding hydrogens is 241 g/mol. The summed E-state index contributed by atoms with van der Waals surface area (Å²) in [6.45, 7) is 3.14. The lowest BCUT2D eigenvalue weighted by Crippen LogP contribution is -2.30. The van der Waals surface area contributed by atoms with Crippen molar-refractivity contribution in [2.75, 3.05) is 20.1 Å². The minimum atomic E-state index is -4.14. The Balaban J connectivity index is 2.48. The predicted octanol–water partition coefficient (Wildman–Crippen LogP) is 2.79. The molecule has 0 heterocycles. The van der Waals surface area contributed by atoms with E-state index in [0.717, 1.165) is 24.2 Å². The fourth-order valence-corrected chi connectivity index (χ4v) is 1.71. The second kappa shape index (κ2) is 6.75. The zero-order chi connectivity index (χ0) is 13.6. The van der Waals surface area contributed by atoms with E-state index in [4.69, 9.17) is 0 Å². The molecule has 102 valence electrons. The van der Waals surface area contributed by atoms with Crippen molar-refractivity contribution in [1.82, 2.24) is 10.2 Å². The second-order valence-electron chi connectivity index (χ2n) is 4.38. The third-order valence-electron chi connectivity index (χ3n) is 2.50. The number of halogens is 3. The van der Waals surface area contributed by atoms with Gasteiger partial charge in [0.15, 0.2) is 0 Å². The van der Waals surface area contributed by atoms with Gasteiger partial charge in [-0.3, -0.25) is 4.90 Å². The first-order valence-corrected chi connectivity index (χ1v) is 5.94. The van der Waals surface area contributed by atoms with Crippen molar-refractivity contribution in [3.8, 4) is 0 Å². The smallest absolute Gasteiger partial charge is 0.313 e. The quantitative estimate of drug-likeness (QED) is 0.846. The summed E-state index contributed by atoms with van der Waals surface area (Å²) >= 11 is 0. The molecule has 1 N–H and O–H groups in total. The van der Waals surface area contributed by atoms with Crippen LogP contribution in [0.4, 0.5) is 13.2 Å². The largest absolute Gasteiger partial charge is 0.401 e. The van der Waals surface area contributed by atoms with Crippen LogP contribution in [0.5, 0.6) is 0 Å². The van der Waals surface area contributed by atoms with Gasteiger partial charge >= 0.3 is 6.18 Å². The van der Waals surface area contributed by atoms with Crippen LogP contribution in [-0.4, -0.2) is 31.2 Å². The minimum Gasteiger partial charge on any atom is -0.313 e. The fourth-order valence-electron chi connectivity index (χ4n) is 1.71. The van der Waals surface area contributed by atoms with Gasteiger partial charge < -0.3 is 5.32 Å². The Kier molecular flexibility index (Phi) is 5.62. The van der Waals surface area contributed by atoms with Crippen molar-refractivity contribution >= 4 is 0 Å². The lowest BCUT2D eigenvalue weighted by Gasteiger charge is -2.18. The Morgan fingerprint density at radius 2 is 1.67 bits per heavy atom. The van der Waals surface area contributed by atoms with E-state index in [-0.39, 0.29) is 0 Å². The molecule has 1 aromatic carbocycles. The van der Waals surface area contributed by atoms with Gasteiger partial charge in [-0.05, 0) is 24.7 Å². The molecule has 0 aliphatic heterocycles. The van der Waals surface area contributed by atoms with Gasteiger partial charge in [0.25, 0.3) is 0 Å². The second-order valence-corrected chi connectivity index (χ2v) is 4.38. The number of nitrogens with zero attached hydrogens (tertiary/aromatic N) is 1. The first-order valence-electron chi connectivity index (χ1n) is 5.94. The number of nitrogens with one attached hydrogen (secondary N) is 1. The summed E-state index contributed by atoms with van der Waals surface area (Å²) in [6.07, 6.45) is -4.14. The van der Waals surface area contributed by atoms with Crippen LogP contribution in [0.15, 0.2) is 24.3 Å². The molecular formula is C13H19F3N2. The molecule has 0 bridgehead atoms. The summed E-state index contributed by atoms with van der Waals surface area (Å²) < 4.78 is 36.5. The highest BCUT2D eigenvalue weighted by atomic mass is 19.4. The van der Waals surface area contributed by atoms with Crippen molar-refractivity contribution in [2.24, 2.45) is 0 Å². The summed E-state index contributed by atoms with van der Waals surface area (Å²) in [5, 5.41) is 3.20. The van der Waals surface area contributed by atoms with Crippen molar-refractivity contribution in [2.45, 2.75) is 26.2 Å². The first-order chi connectivity index (χ1) is 8.40. The predicted molar refractivity (Wildman–Crippen MR) is 66.2 cm³/mol. The van der Waals surface area contributed by atoms with Crippen LogP contribution in [0.2, 0.25) is 0 Å². The normalized spacial score (nSPS) is 12.1. The number of rotatable bonds is 6. The number of hydrogen-bond acceptors (Lipinski definition) is 2. The van der Waals surface area contributed by atoms with Crippen molar-refractivity contribution in [1.29, 1.82) is 0 Å². The van der Waals surface area contributed by atoms with E-state index >= 15 is 0 Å². The molecule has 0 aliphatic carbocycles. The van der Waals surface area contributed by atoms with Gasteiger partial charge in [-0.1, -0.05) is 31.2 Å². The maximum atomic E-state index is 12.2. The van der Waals surface area contributed by atoms with Crippen LogP contribution in [0.3, 0.4) is 0 Å². The molecule has 0 fully saturated rings. The van der Waals surface area contributed by atoms with Crippen LogP contribution in [-0.2, 0) is 13.1 Å². The Morgan fingerprint density at radius 3 is 2.17 bits per heavy atom. The summed E-state index contributed by atoms with van der Waals surface area (Å²) in [6, 6.07) is 7.64. The summed E-state index contributed by atoms with van der Waals surface area (Å²) in [5.74, 6) is 0.